The highest BCUT2D eigenvalue weighted by molar-refractivity contribution is 7.92. The molecule has 0 amide bonds. The van der Waals surface area contributed by atoms with Gasteiger partial charge in [0.1, 0.15) is 12.4 Å². The fraction of sp³-hybridized carbons (Fsp3) is 0.189. The summed E-state index contributed by atoms with van der Waals surface area (Å²) in [6, 6.07) is 41.6. The summed E-state index contributed by atoms with van der Waals surface area (Å²) in [4.78, 5) is 0. The quantitative estimate of drug-likeness (QED) is 0.144. The Labute approximate surface area is 264 Å². The van der Waals surface area contributed by atoms with Crippen LogP contribution in [0.1, 0.15) is 22.8 Å². The van der Waals surface area contributed by atoms with Crippen molar-refractivity contribution in [1.29, 1.82) is 0 Å². The fourth-order valence-electron chi connectivity index (χ4n) is 5.69. The molecular weight excluding hydrogens is 582 g/mol. The molecule has 1 atom stereocenters. The maximum absolute atomic E-state index is 12.6. The molecule has 0 aliphatic rings. The van der Waals surface area contributed by atoms with Crippen LogP contribution in [0.25, 0.3) is 21.8 Å². The molecule has 45 heavy (non-hydrogen) atoms. The highest BCUT2D eigenvalue weighted by Gasteiger charge is 2.19. The summed E-state index contributed by atoms with van der Waals surface area (Å²) in [5.74, 6) is 0.786. The van der Waals surface area contributed by atoms with Gasteiger partial charge < -0.3 is 19.7 Å². The average molecular weight is 620 g/mol. The summed E-state index contributed by atoms with van der Waals surface area (Å²) in [6.45, 7) is 2.24. The van der Waals surface area contributed by atoms with E-state index in [1.807, 2.05) is 42.5 Å². The largest absolute Gasteiger partial charge is 0.492 e. The number of nitrogens with one attached hydrogen (secondary N) is 1. The number of fused-ring (bicyclic) bond motifs is 3. The number of nitrogens with zero attached hydrogens (tertiary/aromatic N) is 2. The Morgan fingerprint density at radius 3 is 2.22 bits per heavy atom. The van der Waals surface area contributed by atoms with Gasteiger partial charge in [-0.2, -0.15) is 0 Å². The van der Waals surface area contributed by atoms with Gasteiger partial charge in [-0.15, -0.1) is 0 Å². The van der Waals surface area contributed by atoms with Gasteiger partial charge in [0.2, 0.25) is 10.0 Å². The molecular formula is C37H37N3O4S. The number of ether oxygens (including phenoxy) is 1. The van der Waals surface area contributed by atoms with E-state index in [1.165, 1.54) is 32.4 Å². The van der Waals surface area contributed by atoms with E-state index >= 15 is 0 Å². The Bertz CT molecular complexity index is 1990. The average Bonchev–Trinajstić information content (AvgIpc) is 3.36. The smallest absolute Gasteiger partial charge is 0.232 e. The molecule has 230 valence electrons. The summed E-state index contributed by atoms with van der Waals surface area (Å²) in [5.41, 5.74) is 5.58. The van der Waals surface area contributed by atoms with Crippen LogP contribution in [0.5, 0.6) is 5.75 Å². The zero-order valence-corrected chi connectivity index (χ0v) is 26.0. The Kier molecular flexibility index (Phi) is 9.16. The lowest BCUT2D eigenvalue weighted by atomic mass is 10.1. The number of hydrogen-bond acceptors (Lipinski definition) is 5. The van der Waals surface area contributed by atoms with E-state index in [0.29, 0.717) is 30.9 Å². The van der Waals surface area contributed by atoms with Crippen LogP contribution in [0, 0.1) is 0 Å². The zero-order valence-electron chi connectivity index (χ0n) is 25.2. The topological polar surface area (TPSA) is 83.8 Å². The van der Waals surface area contributed by atoms with Crippen molar-refractivity contribution in [2.75, 3.05) is 30.3 Å². The minimum absolute atomic E-state index is 0.216. The Morgan fingerprint density at radius 2 is 1.47 bits per heavy atom. The minimum atomic E-state index is -3.53. The van der Waals surface area contributed by atoms with E-state index in [2.05, 4.69) is 70.5 Å². The van der Waals surface area contributed by atoms with E-state index in [4.69, 9.17) is 4.74 Å². The Balaban J connectivity index is 1.08. The molecule has 0 spiro atoms. The summed E-state index contributed by atoms with van der Waals surface area (Å²) < 4.78 is 35.1. The lowest BCUT2D eigenvalue weighted by Gasteiger charge is -2.24. The Morgan fingerprint density at radius 1 is 0.778 bits per heavy atom. The second-order valence-corrected chi connectivity index (χ2v) is 13.1. The highest BCUT2D eigenvalue weighted by atomic mass is 32.2. The SMILES string of the molecule is CS(=O)(=O)N(Cc1ccccc1)c1cccc(C(O)CNCCOc2ccc3c4ccccc4n(Cc4ccccc4)c3c2)c1. The summed E-state index contributed by atoms with van der Waals surface area (Å²) in [5, 5.41) is 16.6. The number of hydrogen-bond donors (Lipinski definition) is 2. The van der Waals surface area contributed by atoms with Crippen molar-refractivity contribution in [3.63, 3.8) is 0 Å². The first kappa shape index (κ1) is 30.4. The van der Waals surface area contributed by atoms with E-state index in [0.717, 1.165) is 23.4 Å². The highest BCUT2D eigenvalue weighted by Crippen LogP contribution is 2.32. The molecule has 0 saturated carbocycles. The molecule has 5 aromatic carbocycles. The molecule has 8 heteroatoms. The molecule has 1 heterocycles. The van der Waals surface area contributed by atoms with Crippen LogP contribution in [0.15, 0.2) is 127 Å². The number of aliphatic hydroxyl groups excluding tert-OH is 1. The van der Waals surface area contributed by atoms with Crippen LogP contribution >= 0.6 is 0 Å². The van der Waals surface area contributed by atoms with Gasteiger partial charge in [-0.1, -0.05) is 91.0 Å². The molecule has 1 aromatic heterocycles. The third kappa shape index (κ3) is 7.20. The first-order valence-electron chi connectivity index (χ1n) is 15.0. The number of para-hydroxylation sites is 1. The van der Waals surface area contributed by atoms with Gasteiger partial charge in [-0.3, -0.25) is 4.31 Å². The number of aliphatic hydroxyl groups is 1. The second kappa shape index (κ2) is 13.6. The van der Waals surface area contributed by atoms with Gasteiger partial charge in [0.15, 0.2) is 0 Å². The van der Waals surface area contributed by atoms with E-state index in [1.54, 1.807) is 24.3 Å². The van der Waals surface area contributed by atoms with Crippen LogP contribution in [0.4, 0.5) is 5.69 Å². The van der Waals surface area contributed by atoms with Gasteiger partial charge in [0.25, 0.3) is 0 Å². The van der Waals surface area contributed by atoms with Crippen LogP contribution in [-0.4, -0.2) is 44.0 Å². The van der Waals surface area contributed by atoms with Gasteiger partial charge in [-0.05, 0) is 47.0 Å². The maximum atomic E-state index is 12.6. The summed E-state index contributed by atoms with van der Waals surface area (Å²) in [6.07, 6.45) is 0.384. The summed E-state index contributed by atoms with van der Waals surface area (Å²) in [7, 11) is -3.53. The first-order chi connectivity index (χ1) is 21.9. The third-order valence-electron chi connectivity index (χ3n) is 7.93. The van der Waals surface area contributed by atoms with Crippen molar-refractivity contribution < 1.29 is 18.3 Å². The number of benzene rings is 5. The molecule has 6 aromatic rings. The van der Waals surface area contributed by atoms with E-state index < -0.39 is 16.1 Å². The molecule has 6 rings (SSSR count). The van der Waals surface area contributed by atoms with Crippen molar-refractivity contribution in [2.24, 2.45) is 0 Å². The molecule has 1 unspecified atom stereocenters. The lowest BCUT2D eigenvalue weighted by Crippen LogP contribution is -2.29. The van der Waals surface area contributed by atoms with Gasteiger partial charge in [0, 0.05) is 42.0 Å². The second-order valence-electron chi connectivity index (χ2n) is 11.2. The monoisotopic (exact) mass is 619 g/mol. The van der Waals surface area contributed by atoms with E-state index in [9.17, 15) is 13.5 Å². The molecule has 0 radical (unpaired) electrons. The molecule has 0 bridgehead atoms. The minimum Gasteiger partial charge on any atom is -0.492 e. The normalized spacial score (nSPS) is 12.4. The standard InChI is InChI=1S/C37H37N3O4S/c1-45(42,43)40(27-29-13-6-3-7-14-29)31-16-10-15-30(23-31)37(41)25-38-21-22-44-32-19-20-34-33-17-8-9-18-35(33)39(36(34)24-32)26-28-11-4-2-5-12-28/h2-20,23-24,37-38,41H,21-22,25-27H2,1H3. The van der Waals surface area contributed by atoms with Crippen molar-refractivity contribution in [1.82, 2.24) is 9.88 Å². The van der Waals surface area contributed by atoms with Crippen LogP contribution < -0.4 is 14.4 Å². The van der Waals surface area contributed by atoms with Crippen LogP contribution in [0.2, 0.25) is 0 Å². The van der Waals surface area contributed by atoms with Crippen molar-refractivity contribution in [3.8, 4) is 5.75 Å². The van der Waals surface area contributed by atoms with Crippen LogP contribution in [-0.2, 0) is 23.1 Å². The first-order valence-corrected chi connectivity index (χ1v) is 16.9. The Hall–Kier alpha value is -4.63. The maximum Gasteiger partial charge on any atom is 0.232 e. The molecule has 0 saturated heterocycles. The number of sulfonamides is 1. The lowest BCUT2D eigenvalue weighted by molar-refractivity contribution is 0.172. The number of rotatable bonds is 13. The van der Waals surface area contributed by atoms with Gasteiger partial charge in [0.05, 0.1) is 30.1 Å². The molecule has 2 N–H and O–H groups in total. The number of aromatic nitrogens is 1. The number of anilines is 1. The van der Waals surface area contributed by atoms with Gasteiger partial charge in [-0.25, -0.2) is 8.42 Å². The van der Waals surface area contributed by atoms with E-state index in [-0.39, 0.29) is 6.54 Å². The predicted molar refractivity (Wildman–Crippen MR) is 182 cm³/mol. The molecule has 0 fully saturated rings. The van der Waals surface area contributed by atoms with Crippen LogP contribution in [0.3, 0.4) is 0 Å². The van der Waals surface area contributed by atoms with Crippen molar-refractivity contribution in [2.45, 2.75) is 19.2 Å². The van der Waals surface area contributed by atoms with Gasteiger partial charge >= 0.3 is 0 Å². The summed E-state index contributed by atoms with van der Waals surface area (Å²) >= 11 is 0. The fourth-order valence-corrected chi connectivity index (χ4v) is 6.57. The molecule has 7 nitrogen and oxygen atoms in total. The van der Waals surface area contributed by atoms with Crippen molar-refractivity contribution in [3.05, 3.63) is 144 Å². The van der Waals surface area contributed by atoms with Crippen molar-refractivity contribution >= 4 is 37.5 Å². The molecule has 0 aliphatic carbocycles. The predicted octanol–water partition coefficient (Wildman–Crippen LogP) is 6.51. The molecule has 0 aliphatic heterocycles. The third-order valence-corrected chi connectivity index (χ3v) is 9.07. The zero-order chi connectivity index (χ0) is 31.2.